The SMILES string of the molecule is CN1CCN(C)C(CNC(=O)c2c(F)cc(Br)cc2F)C1. The number of piperazine rings is 1. The largest absolute Gasteiger partial charge is 0.350 e. The summed E-state index contributed by atoms with van der Waals surface area (Å²) in [5.41, 5.74) is -0.537. The van der Waals surface area contributed by atoms with E-state index < -0.39 is 23.1 Å². The molecule has 1 saturated heterocycles. The Bertz CT molecular complexity index is 518. The molecule has 1 atom stereocenters. The second-order valence-corrected chi connectivity index (χ2v) is 6.27. The van der Waals surface area contributed by atoms with Crippen molar-refractivity contribution in [2.75, 3.05) is 40.3 Å². The molecular formula is C14H18BrF2N3O. The van der Waals surface area contributed by atoms with E-state index in [1.54, 1.807) is 0 Å². The second-order valence-electron chi connectivity index (χ2n) is 5.35. The number of hydrogen-bond acceptors (Lipinski definition) is 3. The molecular weight excluding hydrogens is 344 g/mol. The van der Waals surface area contributed by atoms with E-state index in [4.69, 9.17) is 0 Å². The third kappa shape index (κ3) is 3.99. The van der Waals surface area contributed by atoms with Gasteiger partial charge in [-0.05, 0) is 26.2 Å². The maximum absolute atomic E-state index is 13.7. The first-order chi connectivity index (χ1) is 9.88. The van der Waals surface area contributed by atoms with Crippen molar-refractivity contribution in [1.29, 1.82) is 0 Å². The highest BCUT2D eigenvalue weighted by Gasteiger charge is 2.24. The lowest BCUT2D eigenvalue weighted by molar-refractivity contribution is 0.0874. The van der Waals surface area contributed by atoms with Crippen molar-refractivity contribution < 1.29 is 13.6 Å². The maximum Gasteiger partial charge on any atom is 0.257 e. The summed E-state index contributed by atoms with van der Waals surface area (Å²) in [6.45, 7) is 3.03. The van der Waals surface area contributed by atoms with E-state index >= 15 is 0 Å². The Morgan fingerprint density at radius 3 is 2.57 bits per heavy atom. The fourth-order valence-electron chi connectivity index (χ4n) is 2.38. The average molecular weight is 362 g/mol. The molecule has 2 rings (SSSR count). The van der Waals surface area contributed by atoms with Gasteiger partial charge in [0, 0.05) is 36.7 Å². The molecule has 4 nitrogen and oxygen atoms in total. The number of halogens is 3. The van der Waals surface area contributed by atoms with E-state index in [9.17, 15) is 13.6 Å². The summed E-state index contributed by atoms with van der Waals surface area (Å²) in [6, 6.07) is 2.30. The Morgan fingerprint density at radius 1 is 1.33 bits per heavy atom. The Hall–Kier alpha value is -1.05. The lowest BCUT2D eigenvalue weighted by Crippen LogP contribution is -2.54. The van der Waals surface area contributed by atoms with Crippen molar-refractivity contribution >= 4 is 21.8 Å². The maximum atomic E-state index is 13.7. The summed E-state index contributed by atoms with van der Waals surface area (Å²) in [7, 11) is 3.99. The molecule has 0 aromatic heterocycles. The smallest absolute Gasteiger partial charge is 0.257 e. The predicted octanol–water partition coefficient (Wildman–Crippen LogP) is 1.70. The van der Waals surface area contributed by atoms with Crippen LogP contribution in [0.3, 0.4) is 0 Å². The molecule has 0 bridgehead atoms. The lowest BCUT2D eigenvalue weighted by atomic mass is 10.1. The molecule has 1 fully saturated rings. The Labute approximate surface area is 131 Å². The summed E-state index contributed by atoms with van der Waals surface area (Å²) in [6.07, 6.45) is 0. The summed E-state index contributed by atoms with van der Waals surface area (Å²) in [4.78, 5) is 16.3. The van der Waals surface area contributed by atoms with Gasteiger partial charge < -0.3 is 10.2 Å². The van der Waals surface area contributed by atoms with E-state index in [0.29, 0.717) is 6.54 Å². The first-order valence-electron chi connectivity index (χ1n) is 6.70. The number of benzene rings is 1. The van der Waals surface area contributed by atoms with Gasteiger partial charge >= 0.3 is 0 Å². The minimum atomic E-state index is -0.867. The summed E-state index contributed by atoms with van der Waals surface area (Å²) >= 11 is 2.99. The minimum absolute atomic E-state index is 0.134. The second kappa shape index (κ2) is 6.81. The Kier molecular flexibility index (Phi) is 5.29. The number of nitrogens with zero attached hydrogens (tertiary/aromatic N) is 2. The van der Waals surface area contributed by atoms with Crippen molar-refractivity contribution in [3.8, 4) is 0 Å². The number of rotatable bonds is 3. The van der Waals surface area contributed by atoms with Crippen LogP contribution in [0, 0.1) is 11.6 Å². The monoisotopic (exact) mass is 361 g/mol. The molecule has 1 heterocycles. The summed E-state index contributed by atoms with van der Waals surface area (Å²) < 4.78 is 27.7. The van der Waals surface area contributed by atoms with Gasteiger partial charge in [-0.1, -0.05) is 15.9 Å². The van der Waals surface area contributed by atoms with Gasteiger partial charge in [-0.3, -0.25) is 9.69 Å². The highest BCUT2D eigenvalue weighted by atomic mass is 79.9. The van der Waals surface area contributed by atoms with Gasteiger partial charge in [-0.15, -0.1) is 0 Å². The van der Waals surface area contributed by atoms with Gasteiger partial charge in [0.1, 0.15) is 17.2 Å². The zero-order valence-electron chi connectivity index (χ0n) is 12.0. The minimum Gasteiger partial charge on any atom is -0.350 e. The highest BCUT2D eigenvalue weighted by Crippen LogP contribution is 2.19. The summed E-state index contributed by atoms with van der Waals surface area (Å²) in [5.74, 6) is -2.46. The van der Waals surface area contributed by atoms with Crippen molar-refractivity contribution in [2.24, 2.45) is 0 Å². The predicted molar refractivity (Wildman–Crippen MR) is 80.3 cm³/mol. The molecule has 1 aliphatic heterocycles. The molecule has 7 heteroatoms. The van der Waals surface area contributed by atoms with E-state index in [0.717, 1.165) is 31.8 Å². The summed E-state index contributed by atoms with van der Waals surface area (Å²) in [5, 5.41) is 2.62. The van der Waals surface area contributed by atoms with Crippen LogP contribution in [0.15, 0.2) is 16.6 Å². The fraction of sp³-hybridized carbons (Fsp3) is 0.500. The molecule has 1 aromatic carbocycles. The van der Waals surface area contributed by atoms with E-state index in [-0.39, 0.29) is 10.5 Å². The van der Waals surface area contributed by atoms with Gasteiger partial charge in [0.25, 0.3) is 5.91 Å². The first kappa shape index (κ1) is 16.3. The number of likely N-dealkylation sites (N-methyl/N-ethyl adjacent to an activating group) is 2. The van der Waals surface area contributed by atoms with E-state index in [1.165, 1.54) is 0 Å². The lowest BCUT2D eigenvalue weighted by Gasteiger charge is -2.37. The standard InChI is InChI=1S/C14H18BrF2N3O/c1-19-3-4-20(2)10(8-19)7-18-14(21)13-11(16)5-9(15)6-12(13)17/h5-6,10H,3-4,7-8H2,1-2H3,(H,18,21). The Balaban J connectivity index is 2.02. The van der Waals surface area contributed by atoms with Gasteiger partial charge in [0.15, 0.2) is 0 Å². The number of hydrogen-bond donors (Lipinski definition) is 1. The van der Waals surface area contributed by atoms with Crippen LogP contribution < -0.4 is 5.32 Å². The van der Waals surface area contributed by atoms with Crippen molar-refractivity contribution in [3.63, 3.8) is 0 Å². The fourth-order valence-corrected chi connectivity index (χ4v) is 2.78. The van der Waals surface area contributed by atoms with E-state index in [1.807, 2.05) is 14.1 Å². The number of nitrogens with one attached hydrogen (secondary N) is 1. The third-order valence-electron chi connectivity index (χ3n) is 3.71. The molecule has 0 aliphatic carbocycles. The van der Waals surface area contributed by atoms with E-state index in [2.05, 4.69) is 31.0 Å². The number of carbonyl (C=O) groups is 1. The van der Waals surface area contributed by atoms with Gasteiger partial charge in [0.2, 0.25) is 0 Å². The van der Waals surface area contributed by atoms with Crippen LogP contribution >= 0.6 is 15.9 Å². The average Bonchev–Trinajstić information content (AvgIpc) is 2.38. The molecule has 116 valence electrons. The number of carbonyl (C=O) groups excluding carboxylic acids is 1. The quantitative estimate of drug-likeness (QED) is 0.889. The normalized spacial score (nSPS) is 20.5. The third-order valence-corrected chi connectivity index (χ3v) is 4.17. The molecule has 1 amide bonds. The van der Waals surface area contributed by atoms with Crippen molar-refractivity contribution in [2.45, 2.75) is 6.04 Å². The van der Waals surface area contributed by atoms with Gasteiger partial charge in [0.05, 0.1) is 0 Å². The molecule has 21 heavy (non-hydrogen) atoms. The van der Waals surface area contributed by atoms with Crippen LogP contribution in [0.2, 0.25) is 0 Å². The molecule has 1 aliphatic rings. The molecule has 0 spiro atoms. The van der Waals surface area contributed by atoms with Crippen LogP contribution in [-0.4, -0.2) is 62.0 Å². The van der Waals surface area contributed by atoms with Crippen LogP contribution in [-0.2, 0) is 0 Å². The zero-order valence-corrected chi connectivity index (χ0v) is 13.6. The van der Waals surface area contributed by atoms with Crippen LogP contribution in [0.4, 0.5) is 8.78 Å². The topological polar surface area (TPSA) is 35.6 Å². The van der Waals surface area contributed by atoms with Crippen LogP contribution in [0.25, 0.3) is 0 Å². The molecule has 1 N–H and O–H groups in total. The van der Waals surface area contributed by atoms with Crippen LogP contribution in [0.5, 0.6) is 0 Å². The van der Waals surface area contributed by atoms with Crippen molar-refractivity contribution in [1.82, 2.24) is 15.1 Å². The Morgan fingerprint density at radius 2 is 1.95 bits per heavy atom. The molecule has 1 unspecified atom stereocenters. The highest BCUT2D eigenvalue weighted by molar-refractivity contribution is 9.10. The van der Waals surface area contributed by atoms with Crippen LogP contribution in [0.1, 0.15) is 10.4 Å². The first-order valence-corrected chi connectivity index (χ1v) is 7.49. The molecule has 0 radical (unpaired) electrons. The molecule has 0 saturated carbocycles. The zero-order chi connectivity index (χ0) is 15.6. The molecule has 1 aromatic rings. The van der Waals surface area contributed by atoms with Crippen molar-refractivity contribution in [3.05, 3.63) is 33.8 Å². The number of amides is 1. The van der Waals surface area contributed by atoms with Gasteiger partial charge in [-0.2, -0.15) is 0 Å². The van der Waals surface area contributed by atoms with Gasteiger partial charge in [-0.25, -0.2) is 8.78 Å².